The minimum atomic E-state index is -0.741. The normalized spacial score (nSPS) is 14.8. The quantitative estimate of drug-likeness (QED) is 0.803. The molecule has 21 heavy (non-hydrogen) atoms. The van der Waals surface area contributed by atoms with E-state index in [1.807, 2.05) is 6.07 Å². The zero-order chi connectivity index (χ0) is 14.8. The minimum Gasteiger partial charge on any atom is -0.299 e. The van der Waals surface area contributed by atoms with Crippen LogP contribution >= 0.6 is 0 Å². The molecular weight excluding hydrogens is 272 g/mol. The van der Waals surface area contributed by atoms with Crippen molar-refractivity contribution in [2.75, 3.05) is 13.1 Å². The highest BCUT2D eigenvalue weighted by Crippen LogP contribution is 2.17. The Morgan fingerprint density at radius 1 is 1.00 bits per heavy atom. The van der Waals surface area contributed by atoms with Crippen molar-refractivity contribution in [3.8, 4) is 0 Å². The molecule has 4 heteroatoms. The van der Waals surface area contributed by atoms with E-state index in [0.717, 1.165) is 43.4 Å². The standard InChI is InChI=1S/C17H15F2NO/c18-15-8-14(9-16(19)10-15)17(21)13-4-1-3-12(7-13)11-20-5-2-6-20/h1,3-4,7-10H,2,5-6,11H2. The van der Waals surface area contributed by atoms with Gasteiger partial charge in [0.25, 0.3) is 0 Å². The molecule has 3 rings (SSSR count). The Morgan fingerprint density at radius 3 is 2.33 bits per heavy atom. The molecule has 0 aromatic heterocycles. The van der Waals surface area contributed by atoms with Gasteiger partial charge in [0.15, 0.2) is 5.78 Å². The van der Waals surface area contributed by atoms with Gasteiger partial charge in [0.1, 0.15) is 11.6 Å². The summed E-state index contributed by atoms with van der Waals surface area (Å²) in [7, 11) is 0. The van der Waals surface area contributed by atoms with Crippen molar-refractivity contribution in [2.45, 2.75) is 13.0 Å². The van der Waals surface area contributed by atoms with Crippen LogP contribution in [0.15, 0.2) is 42.5 Å². The zero-order valence-electron chi connectivity index (χ0n) is 11.5. The molecule has 0 bridgehead atoms. The molecule has 1 saturated heterocycles. The van der Waals surface area contributed by atoms with E-state index in [-0.39, 0.29) is 11.3 Å². The molecule has 0 saturated carbocycles. The molecular formula is C17H15F2NO. The van der Waals surface area contributed by atoms with Crippen LogP contribution in [-0.2, 0) is 6.54 Å². The summed E-state index contributed by atoms with van der Waals surface area (Å²) >= 11 is 0. The Hall–Kier alpha value is -2.07. The van der Waals surface area contributed by atoms with Crippen molar-refractivity contribution in [1.29, 1.82) is 0 Å². The van der Waals surface area contributed by atoms with Gasteiger partial charge < -0.3 is 0 Å². The number of carbonyl (C=O) groups is 1. The lowest BCUT2D eigenvalue weighted by molar-refractivity contribution is 0.103. The number of rotatable bonds is 4. The SMILES string of the molecule is O=C(c1cc(F)cc(F)c1)c1cccc(CN2CCC2)c1. The molecule has 1 heterocycles. The summed E-state index contributed by atoms with van der Waals surface area (Å²) in [6, 6.07) is 10.1. The van der Waals surface area contributed by atoms with Crippen LogP contribution in [0.4, 0.5) is 8.78 Å². The minimum absolute atomic E-state index is 0.0357. The van der Waals surface area contributed by atoms with Gasteiger partial charge in [-0.25, -0.2) is 8.78 Å². The van der Waals surface area contributed by atoms with Gasteiger partial charge in [-0.15, -0.1) is 0 Å². The lowest BCUT2D eigenvalue weighted by Crippen LogP contribution is -2.36. The maximum atomic E-state index is 13.2. The van der Waals surface area contributed by atoms with Gasteiger partial charge in [-0.2, -0.15) is 0 Å². The Kier molecular flexibility index (Phi) is 3.80. The van der Waals surface area contributed by atoms with E-state index in [2.05, 4.69) is 4.90 Å². The number of carbonyl (C=O) groups excluding carboxylic acids is 1. The van der Waals surface area contributed by atoms with E-state index in [1.54, 1.807) is 18.2 Å². The average Bonchev–Trinajstić information content (AvgIpc) is 2.41. The zero-order valence-corrected chi connectivity index (χ0v) is 11.5. The molecule has 0 spiro atoms. The van der Waals surface area contributed by atoms with Gasteiger partial charge in [-0.1, -0.05) is 18.2 Å². The number of likely N-dealkylation sites (tertiary alicyclic amines) is 1. The van der Waals surface area contributed by atoms with Crippen LogP contribution in [0.1, 0.15) is 27.9 Å². The van der Waals surface area contributed by atoms with Crippen molar-refractivity contribution in [3.63, 3.8) is 0 Å². The van der Waals surface area contributed by atoms with Gasteiger partial charge in [0, 0.05) is 23.7 Å². The first-order valence-corrected chi connectivity index (χ1v) is 6.94. The van der Waals surface area contributed by atoms with Crippen LogP contribution in [0.3, 0.4) is 0 Å². The predicted molar refractivity (Wildman–Crippen MR) is 76.1 cm³/mol. The molecule has 1 aliphatic heterocycles. The predicted octanol–water partition coefficient (Wildman–Crippen LogP) is 3.40. The first kappa shape index (κ1) is 13.9. The molecule has 1 fully saturated rings. The van der Waals surface area contributed by atoms with Crippen molar-refractivity contribution in [1.82, 2.24) is 4.90 Å². The fourth-order valence-corrected chi connectivity index (χ4v) is 2.46. The fourth-order valence-electron chi connectivity index (χ4n) is 2.46. The van der Waals surface area contributed by atoms with Crippen LogP contribution in [0.25, 0.3) is 0 Å². The maximum Gasteiger partial charge on any atom is 0.193 e. The number of ketones is 1. The molecule has 2 aromatic rings. The highest BCUT2D eigenvalue weighted by molar-refractivity contribution is 6.09. The Balaban J connectivity index is 1.84. The van der Waals surface area contributed by atoms with E-state index >= 15 is 0 Å². The van der Waals surface area contributed by atoms with E-state index in [4.69, 9.17) is 0 Å². The third-order valence-corrected chi connectivity index (χ3v) is 3.67. The Labute approximate surface area is 122 Å². The summed E-state index contributed by atoms with van der Waals surface area (Å²) in [6.45, 7) is 2.96. The number of benzene rings is 2. The van der Waals surface area contributed by atoms with Crippen LogP contribution in [0, 0.1) is 11.6 Å². The highest BCUT2D eigenvalue weighted by Gasteiger charge is 2.16. The summed E-state index contributed by atoms with van der Waals surface area (Å²) in [5.41, 5.74) is 1.53. The lowest BCUT2D eigenvalue weighted by atomic mass is 10.0. The molecule has 108 valence electrons. The molecule has 0 radical (unpaired) electrons. The van der Waals surface area contributed by atoms with Gasteiger partial charge in [0.2, 0.25) is 0 Å². The number of hydrogen-bond donors (Lipinski definition) is 0. The first-order chi connectivity index (χ1) is 10.1. The monoisotopic (exact) mass is 287 g/mol. The largest absolute Gasteiger partial charge is 0.299 e. The second-order valence-electron chi connectivity index (χ2n) is 5.32. The van der Waals surface area contributed by atoms with E-state index in [0.29, 0.717) is 5.56 Å². The molecule has 1 aliphatic rings. The Morgan fingerprint density at radius 2 is 1.71 bits per heavy atom. The van der Waals surface area contributed by atoms with Crippen LogP contribution < -0.4 is 0 Å². The van der Waals surface area contributed by atoms with Gasteiger partial charge in [-0.05, 0) is 43.3 Å². The lowest BCUT2D eigenvalue weighted by Gasteiger charge is -2.30. The smallest absolute Gasteiger partial charge is 0.193 e. The summed E-state index contributed by atoms with van der Waals surface area (Å²) in [6.07, 6.45) is 1.21. The topological polar surface area (TPSA) is 20.3 Å². The van der Waals surface area contributed by atoms with Crippen molar-refractivity contribution < 1.29 is 13.6 Å². The molecule has 2 aromatic carbocycles. The summed E-state index contributed by atoms with van der Waals surface area (Å²) < 4.78 is 26.4. The van der Waals surface area contributed by atoms with E-state index in [9.17, 15) is 13.6 Å². The number of halogens is 2. The van der Waals surface area contributed by atoms with Crippen LogP contribution in [-0.4, -0.2) is 23.8 Å². The highest BCUT2D eigenvalue weighted by atomic mass is 19.1. The number of hydrogen-bond acceptors (Lipinski definition) is 2. The van der Waals surface area contributed by atoms with Crippen LogP contribution in [0.2, 0.25) is 0 Å². The summed E-state index contributed by atoms with van der Waals surface area (Å²) in [5.74, 6) is -1.84. The Bertz CT molecular complexity index is 660. The third kappa shape index (κ3) is 3.16. The van der Waals surface area contributed by atoms with E-state index in [1.165, 1.54) is 6.42 Å². The third-order valence-electron chi connectivity index (χ3n) is 3.67. The van der Waals surface area contributed by atoms with Crippen LogP contribution in [0.5, 0.6) is 0 Å². The average molecular weight is 287 g/mol. The molecule has 0 atom stereocenters. The molecule has 0 N–H and O–H groups in total. The van der Waals surface area contributed by atoms with Crippen molar-refractivity contribution >= 4 is 5.78 Å². The van der Waals surface area contributed by atoms with Crippen molar-refractivity contribution in [3.05, 3.63) is 70.8 Å². The maximum absolute atomic E-state index is 13.2. The second kappa shape index (κ2) is 5.74. The molecule has 0 amide bonds. The van der Waals surface area contributed by atoms with Gasteiger partial charge in [-0.3, -0.25) is 9.69 Å². The molecule has 0 unspecified atom stereocenters. The second-order valence-corrected chi connectivity index (χ2v) is 5.32. The number of nitrogens with zero attached hydrogens (tertiary/aromatic N) is 1. The van der Waals surface area contributed by atoms with Crippen molar-refractivity contribution in [2.24, 2.45) is 0 Å². The summed E-state index contributed by atoms with van der Waals surface area (Å²) in [5, 5.41) is 0. The van der Waals surface area contributed by atoms with Gasteiger partial charge in [0.05, 0.1) is 0 Å². The van der Waals surface area contributed by atoms with Gasteiger partial charge >= 0.3 is 0 Å². The fraction of sp³-hybridized carbons (Fsp3) is 0.235. The van der Waals surface area contributed by atoms with E-state index < -0.39 is 11.6 Å². The molecule has 0 aliphatic carbocycles. The first-order valence-electron chi connectivity index (χ1n) is 6.94. The molecule has 2 nitrogen and oxygen atoms in total. The summed E-state index contributed by atoms with van der Waals surface area (Å²) in [4.78, 5) is 14.6.